The Bertz CT molecular complexity index is 655. The minimum Gasteiger partial charge on any atom is -0.352 e. The van der Waals surface area contributed by atoms with Gasteiger partial charge in [-0.1, -0.05) is 38.8 Å². The maximum Gasteiger partial charge on any atom is 0.238 e. The Morgan fingerprint density at radius 2 is 1.96 bits per heavy atom. The highest BCUT2D eigenvalue weighted by Gasteiger charge is 2.32. The van der Waals surface area contributed by atoms with Crippen LogP contribution in [0.3, 0.4) is 0 Å². The summed E-state index contributed by atoms with van der Waals surface area (Å²) in [6, 6.07) is 0.0952. The second-order valence-corrected chi connectivity index (χ2v) is 9.53. The van der Waals surface area contributed by atoms with E-state index in [0.29, 0.717) is 5.89 Å². The molecular formula is C15H25N3O4S. The average Bonchev–Trinajstić information content (AvgIpc) is 3.08. The number of amides is 1. The number of rotatable bonds is 5. The van der Waals surface area contributed by atoms with Gasteiger partial charge in [-0.25, -0.2) is 8.42 Å². The summed E-state index contributed by atoms with van der Waals surface area (Å²) >= 11 is 0. The van der Waals surface area contributed by atoms with Gasteiger partial charge in [0.1, 0.15) is 11.0 Å². The molecule has 1 fully saturated rings. The molecule has 0 bridgehead atoms. The van der Waals surface area contributed by atoms with Gasteiger partial charge in [0.05, 0.1) is 0 Å². The van der Waals surface area contributed by atoms with Gasteiger partial charge in [-0.2, -0.15) is 4.98 Å². The molecule has 1 aromatic rings. The van der Waals surface area contributed by atoms with E-state index >= 15 is 0 Å². The summed E-state index contributed by atoms with van der Waals surface area (Å²) in [5, 5.41) is 5.41. The van der Waals surface area contributed by atoms with Crippen molar-refractivity contribution in [1.29, 1.82) is 0 Å². The Kier molecular flexibility index (Phi) is 5.13. The van der Waals surface area contributed by atoms with Gasteiger partial charge in [0.2, 0.25) is 11.8 Å². The van der Waals surface area contributed by atoms with Crippen molar-refractivity contribution in [3.63, 3.8) is 0 Å². The molecule has 1 amide bonds. The van der Waals surface area contributed by atoms with Crippen molar-refractivity contribution >= 4 is 15.7 Å². The SMILES string of the molecule is C[C@@H](C(=O)NC1CCCC1)S(=O)(=O)Cc1noc(C(C)(C)C)n1. The lowest BCUT2D eigenvalue weighted by Gasteiger charge is -2.16. The highest BCUT2D eigenvalue weighted by Crippen LogP contribution is 2.21. The summed E-state index contributed by atoms with van der Waals surface area (Å²) < 4.78 is 29.9. The van der Waals surface area contributed by atoms with E-state index in [0.717, 1.165) is 25.7 Å². The smallest absolute Gasteiger partial charge is 0.238 e. The molecule has 8 heteroatoms. The van der Waals surface area contributed by atoms with Gasteiger partial charge < -0.3 is 9.84 Å². The molecule has 1 aliphatic rings. The zero-order chi connectivity index (χ0) is 17.3. The second-order valence-electron chi connectivity index (χ2n) is 7.21. The standard InChI is InChI=1S/C15H25N3O4S/c1-10(13(19)16-11-7-5-6-8-11)23(20,21)9-12-17-14(22-18-12)15(2,3)4/h10-11H,5-9H2,1-4H3,(H,16,19)/t10-/m0/s1. The number of sulfone groups is 1. The van der Waals surface area contributed by atoms with Crippen LogP contribution < -0.4 is 5.32 Å². The van der Waals surface area contributed by atoms with Crippen LogP contribution in [0.15, 0.2) is 4.52 Å². The number of hydrogen-bond donors (Lipinski definition) is 1. The van der Waals surface area contributed by atoms with Crippen molar-refractivity contribution in [2.75, 3.05) is 0 Å². The van der Waals surface area contributed by atoms with Gasteiger partial charge >= 0.3 is 0 Å². The van der Waals surface area contributed by atoms with Crippen molar-refractivity contribution in [2.45, 2.75) is 75.8 Å². The molecular weight excluding hydrogens is 318 g/mol. The molecule has 0 unspecified atom stereocenters. The lowest BCUT2D eigenvalue weighted by molar-refractivity contribution is -0.121. The predicted molar refractivity (Wildman–Crippen MR) is 85.5 cm³/mol. The first kappa shape index (κ1) is 17.9. The summed E-state index contributed by atoms with van der Waals surface area (Å²) in [6.07, 6.45) is 3.98. The Morgan fingerprint density at radius 3 is 2.48 bits per heavy atom. The van der Waals surface area contributed by atoms with Crippen molar-refractivity contribution in [3.8, 4) is 0 Å². The minimum absolute atomic E-state index is 0.0930. The van der Waals surface area contributed by atoms with Gasteiger partial charge in [0.25, 0.3) is 0 Å². The molecule has 1 heterocycles. The fourth-order valence-corrected chi connectivity index (χ4v) is 3.60. The van der Waals surface area contributed by atoms with Crippen molar-refractivity contribution in [2.24, 2.45) is 0 Å². The van der Waals surface area contributed by atoms with Gasteiger partial charge in [-0.3, -0.25) is 4.79 Å². The van der Waals surface area contributed by atoms with Crippen LogP contribution in [-0.4, -0.2) is 35.8 Å². The van der Waals surface area contributed by atoms with E-state index in [1.54, 1.807) is 0 Å². The van der Waals surface area contributed by atoms with E-state index in [9.17, 15) is 13.2 Å². The molecule has 0 spiro atoms. The van der Waals surface area contributed by atoms with Crippen LogP contribution in [-0.2, 0) is 25.8 Å². The molecule has 0 aliphatic heterocycles. The Hall–Kier alpha value is -1.44. The maximum atomic E-state index is 12.4. The Labute approximate surface area is 137 Å². The third kappa shape index (κ3) is 4.53. The molecule has 0 aromatic carbocycles. The third-order valence-corrected chi connectivity index (χ3v) is 6.00. The molecule has 2 rings (SSSR count). The molecule has 1 aliphatic carbocycles. The first-order chi connectivity index (χ1) is 10.6. The molecule has 1 aromatic heterocycles. The van der Waals surface area contributed by atoms with Gasteiger partial charge in [-0.05, 0) is 19.8 Å². The zero-order valence-electron chi connectivity index (χ0n) is 14.1. The topological polar surface area (TPSA) is 102 Å². The number of hydrogen-bond acceptors (Lipinski definition) is 6. The van der Waals surface area contributed by atoms with Crippen LogP contribution in [0.25, 0.3) is 0 Å². The summed E-state index contributed by atoms with van der Waals surface area (Å²) in [6.45, 7) is 7.10. The number of carbonyl (C=O) groups excluding carboxylic acids is 1. The molecule has 1 N–H and O–H groups in total. The molecule has 130 valence electrons. The highest BCUT2D eigenvalue weighted by molar-refractivity contribution is 7.92. The normalized spacial score (nSPS) is 18.1. The number of nitrogens with zero attached hydrogens (tertiary/aromatic N) is 2. The first-order valence-corrected chi connectivity index (χ1v) is 9.66. The van der Waals surface area contributed by atoms with Crippen molar-refractivity contribution < 1.29 is 17.7 Å². The monoisotopic (exact) mass is 343 g/mol. The number of carbonyl (C=O) groups is 1. The van der Waals surface area contributed by atoms with Crippen molar-refractivity contribution in [3.05, 3.63) is 11.7 Å². The molecule has 1 saturated carbocycles. The van der Waals surface area contributed by atoms with Gasteiger partial charge in [0, 0.05) is 11.5 Å². The van der Waals surface area contributed by atoms with E-state index in [2.05, 4.69) is 15.5 Å². The lowest BCUT2D eigenvalue weighted by atomic mass is 9.97. The quantitative estimate of drug-likeness (QED) is 0.873. The van der Waals surface area contributed by atoms with Crippen LogP contribution >= 0.6 is 0 Å². The summed E-state index contributed by atoms with van der Waals surface area (Å²) in [4.78, 5) is 16.3. The fourth-order valence-electron chi connectivity index (χ4n) is 2.47. The molecule has 23 heavy (non-hydrogen) atoms. The Balaban J connectivity index is 2.02. The van der Waals surface area contributed by atoms with Gasteiger partial charge in [-0.15, -0.1) is 0 Å². The molecule has 0 radical (unpaired) electrons. The van der Waals surface area contributed by atoms with Crippen LogP contribution in [0.1, 0.15) is 65.1 Å². The molecule has 7 nitrogen and oxygen atoms in total. The summed E-state index contributed by atoms with van der Waals surface area (Å²) in [7, 11) is -3.68. The molecule has 0 saturated heterocycles. The van der Waals surface area contributed by atoms with E-state index in [4.69, 9.17) is 4.52 Å². The largest absolute Gasteiger partial charge is 0.352 e. The zero-order valence-corrected chi connectivity index (χ0v) is 14.9. The summed E-state index contributed by atoms with van der Waals surface area (Å²) in [5.74, 6) is -0.371. The lowest BCUT2D eigenvalue weighted by Crippen LogP contribution is -2.42. The minimum atomic E-state index is -3.68. The van der Waals surface area contributed by atoms with E-state index in [1.165, 1.54) is 6.92 Å². The number of nitrogens with one attached hydrogen (secondary N) is 1. The predicted octanol–water partition coefficient (Wildman–Crippen LogP) is 1.73. The second kappa shape index (κ2) is 6.59. The van der Waals surface area contributed by atoms with Crippen LogP contribution in [0.2, 0.25) is 0 Å². The van der Waals surface area contributed by atoms with Crippen LogP contribution in [0, 0.1) is 0 Å². The molecule has 1 atom stereocenters. The number of aromatic nitrogens is 2. The fraction of sp³-hybridized carbons (Fsp3) is 0.800. The third-order valence-electron chi connectivity index (χ3n) is 4.05. The summed E-state index contributed by atoms with van der Waals surface area (Å²) in [5.41, 5.74) is -0.347. The average molecular weight is 343 g/mol. The van der Waals surface area contributed by atoms with Gasteiger partial charge in [0.15, 0.2) is 15.7 Å². The van der Waals surface area contributed by atoms with Crippen LogP contribution in [0.4, 0.5) is 0 Å². The first-order valence-electron chi connectivity index (χ1n) is 7.94. The van der Waals surface area contributed by atoms with E-state index < -0.39 is 26.7 Å². The van der Waals surface area contributed by atoms with E-state index in [1.807, 2.05) is 20.8 Å². The van der Waals surface area contributed by atoms with Crippen molar-refractivity contribution in [1.82, 2.24) is 15.5 Å². The maximum absolute atomic E-state index is 12.4. The van der Waals surface area contributed by atoms with Crippen LogP contribution in [0.5, 0.6) is 0 Å². The highest BCUT2D eigenvalue weighted by atomic mass is 32.2. The Morgan fingerprint density at radius 1 is 1.35 bits per heavy atom. The van der Waals surface area contributed by atoms with E-state index in [-0.39, 0.29) is 17.3 Å².